The number of aromatic nitrogens is 5. The normalized spacial score (nSPS) is 11.2. The van der Waals surface area contributed by atoms with Crippen LogP contribution >= 0.6 is 23.2 Å². The van der Waals surface area contributed by atoms with Crippen LogP contribution in [0.4, 0.5) is 4.39 Å². The molecule has 0 bridgehead atoms. The van der Waals surface area contributed by atoms with Crippen LogP contribution in [0.5, 0.6) is 0 Å². The van der Waals surface area contributed by atoms with Crippen molar-refractivity contribution in [3.63, 3.8) is 0 Å². The van der Waals surface area contributed by atoms with Gasteiger partial charge in [0.1, 0.15) is 11.5 Å². The average Bonchev–Trinajstić information content (AvgIpc) is 3.09. The van der Waals surface area contributed by atoms with Gasteiger partial charge in [-0.05, 0) is 36.4 Å². The summed E-state index contributed by atoms with van der Waals surface area (Å²) in [6.45, 7) is 0.184. The molecule has 26 heavy (non-hydrogen) atoms. The van der Waals surface area contributed by atoms with E-state index in [-0.39, 0.29) is 17.1 Å². The maximum absolute atomic E-state index is 13.3. The van der Waals surface area contributed by atoms with Gasteiger partial charge in [-0.25, -0.2) is 14.1 Å². The van der Waals surface area contributed by atoms with Crippen molar-refractivity contribution in [2.75, 3.05) is 0 Å². The van der Waals surface area contributed by atoms with Crippen molar-refractivity contribution in [1.82, 2.24) is 24.5 Å². The minimum absolute atomic E-state index is 0.00798. The molecule has 2 aromatic heterocycles. The Morgan fingerprint density at radius 2 is 1.96 bits per heavy atom. The molecule has 0 amide bonds. The summed E-state index contributed by atoms with van der Waals surface area (Å²) in [5.41, 5.74) is 1.44. The van der Waals surface area contributed by atoms with Crippen molar-refractivity contribution in [2.45, 2.75) is 6.54 Å². The number of nitrogens with zero attached hydrogens (tertiary/aromatic N) is 5. The highest BCUT2D eigenvalue weighted by molar-refractivity contribution is 6.31. The van der Waals surface area contributed by atoms with Gasteiger partial charge in [0, 0.05) is 5.02 Å². The molecule has 0 fully saturated rings. The quantitative estimate of drug-likeness (QED) is 0.537. The highest BCUT2D eigenvalue weighted by atomic mass is 35.5. The molecule has 0 N–H and O–H groups in total. The molecule has 0 aliphatic rings. The number of rotatable bonds is 3. The van der Waals surface area contributed by atoms with Crippen LogP contribution in [-0.4, -0.2) is 24.5 Å². The van der Waals surface area contributed by atoms with Crippen LogP contribution in [-0.2, 0) is 6.54 Å². The summed E-state index contributed by atoms with van der Waals surface area (Å²) in [5.74, 6) is -0.511. The molecular formula is C17H10Cl2FN5O. The van der Waals surface area contributed by atoms with E-state index in [1.54, 1.807) is 24.4 Å². The second-order valence-corrected chi connectivity index (χ2v) is 6.44. The molecule has 0 saturated carbocycles. The fourth-order valence-electron chi connectivity index (χ4n) is 2.54. The molecule has 2 aromatic carbocycles. The minimum atomic E-state index is -0.511. The topological polar surface area (TPSA) is 65.6 Å². The van der Waals surface area contributed by atoms with Gasteiger partial charge < -0.3 is 0 Å². The van der Waals surface area contributed by atoms with Crippen molar-refractivity contribution in [3.8, 4) is 5.69 Å². The van der Waals surface area contributed by atoms with E-state index in [4.69, 9.17) is 23.2 Å². The highest BCUT2D eigenvalue weighted by Gasteiger charge is 2.09. The van der Waals surface area contributed by atoms with Gasteiger partial charge in [0.2, 0.25) is 0 Å². The van der Waals surface area contributed by atoms with Crippen LogP contribution in [0.1, 0.15) is 5.69 Å². The third-order valence-electron chi connectivity index (χ3n) is 3.83. The molecule has 0 aliphatic carbocycles. The lowest BCUT2D eigenvalue weighted by atomic mass is 10.2. The molecule has 0 unspecified atom stereocenters. The number of halogens is 3. The summed E-state index contributed by atoms with van der Waals surface area (Å²) in [7, 11) is 0. The average molecular weight is 390 g/mol. The van der Waals surface area contributed by atoms with E-state index in [0.29, 0.717) is 27.3 Å². The summed E-state index contributed by atoms with van der Waals surface area (Å²) in [4.78, 5) is 16.8. The van der Waals surface area contributed by atoms with Gasteiger partial charge >= 0.3 is 0 Å². The lowest BCUT2D eigenvalue weighted by Crippen LogP contribution is -2.21. The Morgan fingerprint density at radius 3 is 2.77 bits per heavy atom. The first-order valence-corrected chi connectivity index (χ1v) is 8.28. The maximum atomic E-state index is 13.3. The first-order chi connectivity index (χ1) is 12.5. The Morgan fingerprint density at radius 1 is 1.12 bits per heavy atom. The molecule has 2 heterocycles. The number of hydrogen-bond donors (Lipinski definition) is 0. The molecule has 9 heteroatoms. The first kappa shape index (κ1) is 16.7. The summed E-state index contributed by atoms with van der Waals surface area (Å²) < 4.78 is 16.2. The fraction of sp³-hybridized carbons (Fsp3) is 0.0588. The monoisotopic (exact) mass is 389 g/mol. The number of hydrogen-bond acceptors (Lipinski definition) is 4. The lowest BCUT2D eigenvalue weighted by Gasteiger charge is -2.04. The van der Waals surface area contributed by atoms with Gasteiger partial charge in [-0.3, -0.25) is 9.36 Å². The molecule has 0 radical (unpaired) electrons. The predicted octanol–water partition coefficient (Wildman–Crippen LogP) is 3.47. The van der Waals surface area contributed by atoms with E-state index in [2.05, 4.69) is 15.3 Å². The molecule has 130 valence electrons. The van der Waals surface area contributed by atoms with Crippen molar-refractivity contribution in [3.05, 3.63) is 80.8 Å². The van der Waals surface area contributed by atoms with Gasteiger partial charge in [-0.2, -0.15) is 0 Å². The van der Waals surface area contributed by atoms with E-state index in [9.17, 15) is 9.18 Å². The SMILES string of the molecule is O=c1c2cc(Cl)ccc2ncn1Cc1cn(-c2ccc(F)c(Cl)c2)nn1. The second-order valence-electron chi connectivity index (χ2n) is 5.59. The van der Waals surface area contributed by atoms with Gasteiger partial charge in [0.05, 0.1) is 40.7 Å². The number of benzene rings is 2. The molecule has 0 aliphatic heterocycles. The summed E-state index contributed by atoms with van der Waals surface area (Å²) in [6.07, 6.45) is 3.09. The fourth-order valence-corrected chi connectivity index (χ4v) is 2.89. The highest BCUT2D eigenvalue weighted by Crippen LogP contribution is 2.18. The van der Waals surface area contributed by atoms with Crippen molar-refractivity contribution in [1.29, 1.82) is 0 Å². The summed E-state index contributed by atoms with van der Waals surface area (Å²) in [5, 5.41) is 8.92. The van der Waals surface area contributed by atoms with Crippen LogP contribution in [0, 0.1) is 5.82 Å². The van der Waals surface area contributed by atoms with E-state index in [1.165, 1.54) is 33.8 Å². The standard InChI is InChI=1S/C17H10Cl2FN5O/c18-10-1-4-16-13(5-10)17(26)24(9-21-16)7-11-8-25(23-22-11)12-2-3-15(20)14(19)6-12/h1-6,8-9H,7H2. The Labute approximate surface area is 156 Å². The van der Waals surface area contributed by atoms with E-state index < -0.39 is 5.82 Å². The zero-order chi connectivity index (χ0) is 18.3. The second kappa shape index (κ2) is 6.51. The third-order valence-corrected chi connectivity index (χ3v) is 4.35. The molecule has 0 atom stereocenters. The molecule has 4 aromatic rings. The zero-order valence-electron chi connectivity index (χ0n) is 13.1. The maximum Gasteiger partial charge on any atom is 0.261 e. The van der Waals surface area contributed by atoms with Gasteiger partial charge in [-0.15, -0.1) is 5.10 Å². The largest absolute Gasteiger partial charge is 0.293 e. The molecule has 6 nitrogen and oxygen atoms in total. The Balaban J connectivity index is 1.67. The first-order valence-electron chi connectivity index (χ1n) is 7.52. The van der Waals surface area contributed by atoms with Gasteiger partial charge in [-0.1, -0.05) is 28.4 Å². The van der Waals surface area contributed by atoms with Crippen LogP contribution in [0.3, 0.4) is 0 Å². The van der Waals surface area contributed by atoms with Crippen LogP contribution < -0.4 is 5.56 Å². The summed E-state index contributed by atoms with van der Waals surface area (Å²) in [6, 6.07) is 9.19. The van der Waals surface area contributed by atoms with E-state index >= 15 is 0 Å². The van der Waals surface area contributed by atoms with E-state index in [1.807, 2.05) is 0 Å². The van der Waals surface area contributed by atoms with Crippen LogP contribution in [0.2, 0.25) is 10.0 Å². The van der Waals surface area contributed by atoms with Gasteiger partial charge in [0.25, 0.3) is 5.56 Å². The van der Waals surface area contributed by atoms with E-state index in [0.717, 1.165) is 0 Å². The van der Waals surface area contributed by atoms with Crippen molar-refractivity contribution in [2.24, 2.45) is 0 Å². The van der Waals surface area contributed by atoms with Crippen molar-refractivity contribution < 1.29 is 4.39 Å². The lowest BCUT2D eigenvalue weighted by molar-refractivity contribution is 0.627. The molecule has 4 rings (SSSR count). The molecule has 0 saturated heterocycles. The molecule has 0 spiro atoms. The summed E-state index contributed by atoms with van der Waals surface area (Å²) >= 11 is 11.7. The predicted molar refractivity (Wildman–Crippen MR) is 96.4 cm³/mol. The van der Waals surface area contributed by atoms with Crippen LogP contribution in [0.25, 0.3) is 16.6 Å². The Bertz CT molecular complexity index is 1190. The molecular weight excluding hydrogens is 380 g/mol. The minimum Gasteiger partial charge on any atom is -0.293 e. The van der Waals surface area contributed by atoms with Crippen LogP contribution in [0.15, 0.2) is 53.7 Å². The number of fused-ring (bicyclic) bond motifs is 1. The zero-order valence-corrected chi connectivity index (χ0v) is 14.6. The smallest absolute Gasteiger partial charge is 0.261 e. The van der Waals surface area contributed by atoms with Crippen molar-refractivity contribution >= 4 is 34.1 Å². The Kier molecular flexibility index (Phi) is 4.18. The van der Waals surface area contributed by atoms with Gasteiger partial charge in [0.15, 0.2) is 0 Å². The Hall–Kier alpha value is -2.77. The third kappa shape index (κ3) is 3.07.